The Labute approximate surface area is 116 Å². The average Bonchev–Trinajstić information content (AvgIpc) is 2.78. The van der Waals surface area contributed by atoms with E-state index in [-0.39, 0.29) is 23.0 Å². The maximum atomic E-state index is 12.5. The predicted octanol–water partition coefficient (Wildman–Crippen LogP) is 2.99. The zero-order chi connectivity index (χ0) is 13.6. The zero-order valence-electron chi connectivity index (χ0n) is 11.2. The first-order valence-corrected chi connectivity index (χ1v) is 7.49. The van der Waals surface area contributed by atoms with E-state index < -0.39 is 0 Å². The third-order valence-corrected chi connectivity index (χ3v) is 4.60. The van der Waals surface area contributed by atoms with Crippen LogP contribution in [0.1, 0.15) is 44.6 Å². The van der Waals surface area contributed by atoms with Crippen LogP contribution in [0, 0.1) is 5.41 Å². The molecule has 3 nitrogen and oxygen atoms in total. The molecule has 2 aliphatic rings. The minimum absolute atomic E-state index is 0.0282. The van der Waals surface area contributed by atoms with Gasteiger partial charge in [-0.25, -0.2) is 0 Å². The van der Waals surface area contributed by atoms with E-state index in [0.717, 1.165) is 23.3 Å². The average molecular weight is 275 g/mol. The predicted molar refractivity (Wildman–Crippen MR) is 74.9 cm³/mol. The first kappa shape index (κ1) is 12.6. The number of thiophene rings is 1. The molecule has 0 radical (unpaired) electrons. The highest BCUT2D eigenvalue weighted by Gasteiger charge is 2.40. The highest BCUT2D eigenvalue weighted by atomic mass is 32.1. The Kier molecular flexibility index (Phi) is 2.86. The summed E-state index contributed by atoms with van der Waals surface area (Å²) in [6.07, 6.45) is 1.74. The van der Waals surface area contributed by atoms with Crippen LogP contribution in [0.4, 0.5) is 0 Å². The number of allylic oxidation sites excluding steroid dienone is 2. The van der Waals surface area contributed by atoms with E-state index in [1.54, 1.807) is 11.3 Å². The van der Waals surface area contributed by atoms with E-state index in [4.69, 9.17) is 0 Å². The van der Waals surface area contributed by atoms with Crippen molar-refractivity contribution in [2.75, 3.05) is 0 Å². The third-order valence-electron chi connectivity index (χ3n) is 3.89. The van der Waals surface area contributed by atoms with E-state index in [2.05, 4.69) is 19.2 Å². The quantitative estimate of drug-likeness (QED) is 0.856. The van der Waals surface area contributed by atoms with Gasteiger partial charge in [0.1, 0.15) is 0 Å². The summed E-state index contributed by atoms with van der Waals surface area (Å²) in [7, 11) is 0. The summed E-state index contributed by atoms with van der Waals surface area (Å²) >= 11 is 1.61. The molecule has 1 atom stereocenters. The molecule has 1 aromatic rings. The normalized spacial score (nSPS) is 26.1. The molecule has 100 valence electrons. The van der Waals surface area contributed by atoms with Crippen LogP contribution in [-0.4, -0.2) is 11.7 Å². The molecule has 3 rings (SSSR count). The zero-order valence-corrected chi connectivity index (χ0v) is 12.0. The lowest BCUT2D eigenvalue weighted by Gasteiger charge is -2.37. The van der Waals surface area contributed by atoms with Gasteiger partial charge in [-0.2, -0.15) is 11.3 Å². The van der Waals surface area contributed by atoms with Gasteiger partial charge in [0.2, 0.25) is 5.91 Å². The highest BCUT2D eigenvalue weighted by Crippen LogP contribution is 2.44. The molecule has 0 saturated carbocycles. The van der Waals surface area contributed by atoms with Gasteiger partial charge in [-0.3, -0.25) is 9.59 Å². The Morgan fingerprint density at radius 2 is 2.11 bits per heavy atom. The van der Waals surface area contributed by atoms with Gasteiger partial charge in [0, 0.05) is 30.0 Å². The van der Waals surface area contributed by atoms with Crippen molar-refractivity contribution in [1.82, 2.24) is 5.32 Å². The Hall–Kier alpha value is -1.42. The summed E-state index contributed by atoms with van der Waals surface area (Å²) in [5.74, 6) is 0.182. The molecular formula is C15H17NO2S. The fourth-order valence-electron chi connectivity index (χ4n) is 3.12. The molecule has 2 heterocycles. The van der Waals surface area contributed by atoms with Crippen molar-refractivity contribution in [3.8, 4) is 0 Å². The first-order chi connectivity index (χ1) is 8.96. The molecule has 0 aromatic carbocycles. The van der Waals surface area contributed by atoms with Crippen molar-refractivity contribution in [3.63, 3.8) is 0 Å². The largest absolute Gasteiger partial charge is 0.329 e. The molecule has 1 aromatic heterocycles. The monoisotopic (exact) mass is 275 g/mol. The number of hydrogen-bond acceptors (Lipinski definition) is 3. The van der Waals surface area contributed by atoms with Crippen LogP contribution in [0.5, 0.6) is 0 Å². The number of carbonyl (C=O) groups is 2. The lowest BCUT2D eigenvalue weighted by molar-refractivity contribution is -0.122. The maximum absolute atomic E-state index is 12.5. The molecule has 4 heteroatoms. The first-order valence-electron chi connectivity index (χ1n) is 6.54. The number of hydrogen-bond donors (Lipinski definition) is 1. The van der Waals surface area contributed by atoms with Crippen molar-refractivity contribution in [2.45, 2.75) is 39.0 Å². The van der Waals surface area contributed by atoms with E-state index in [0.29, 0.717) is 12.8 Å². The Bertz CT molecular complexity index is 569. The summed E-state index contributed by atoms with van der Waals surface area (Å²) < 4.78 is 0. The second-order valence-electron chi connectivity index (χ2n) is 6.19. The van der Waals surface area contributed by atoms with Crippen molar-refractivity contribution in [3.05, 3.63) is 33.7 Å². The van der Waals surface area contributed by atoms with Crippen LogP contribution in [-0.2, 0) is 9.59 Å². The fraction of sp³-hybridized carbons (Fsp3) is 0.467. The molecular weight excluding hydrogens is 258 g/mol. The Morgan fingerprint density at radius 1 is 1.32 bits per heavy atom. The van der Waals surface area contributed by atoms with E-state index in [9.17, 15) is 9.59 Å². The molecule has 1 N–H and O–H groups in total. The van der Waals surface area contributed by atoms with Crippen LogP contribution in [0.25, 0.3) is 0 Å². The fourth-order valence-corrected chi connectivity index (χ4v) is 3.83. The van der Waals surface area contributed by atoms with E-state index in [1.807, 2.05) is 16.8 Å². The summed E-state index contributed by atoms with van der Waals surface area (Å²) in [6, 6.07) is 2.02. The van der Waals surface area contributed by atoms with Gasteiger partial charge in [-0.05, 0) is 34.2 Å². The highest BCUT2D eigenvalue weighted by molar-refractivity contribution is 7.08. The molecule has 0 bridgehead atoms. The molecule has 1 amide bonds. The van der Waals surface area contributed by atoms with Gasteiger partial charge < -0.3 is 5.32 Å². The van der Waals surface area contributed by atoms with Gasteiger partial charge in [-0.15, -0.1) is 0 Å². The Morgan fingerprint density at radius 3 is 2.79 bits per heavy atom. The molecule has 0 fully saturated rings. The van der Waals surface area contributed by atoms with Crippen molar-refractivity contribution >= 4 is 23.0 Å². The number of carbonyl (C=O) groups excluding carboxylic acids is 2. The number of nitrogens with one attached hydrogen (secondary N) is 1. The number of amides is 1. The van der Waals surface area contributed by atoms with Crippen molar-refractivity contribution in [1.29, 1.82) is 0 Å². The maximum Gasteiger partial charge on any atom is 0.225 e. The third kappa shape index (κ3) is 2.25. The van der Waals surface area contributed by atoms with Gasteiger partial charge >= 0.3 is 0 Å². The standard InChI is InChI=1S/C15H17NO2S/c1-15(2)6-11-14(12(17)7-15)10(5-13(18)16-11)9-3-4-19-8-9/h3-4,8,10H,5-7H2,1-2H3,(H,16,18)/t10-/m0/s1. The second kappa shape index (κ2) is 4.30. The van der Waals surface area contributed by atoms with Gasteiger partial charge in [0.25, 0.3) is 0 Å². The molecule has 1 aliphatic heterocycles. The Balaban J connectivity index is 2.07. The summed E-state index contributed by atoms with van der Waals surface area (Å²) in [5.41, 5.74) is 2.74. The SMILES string of the molecule is CC1(C)CC(=O)C2=C(C1)NC(=O)C[C@H]2c1ccsc1. The van der Waals surface area contributed by atoms with Crippen molar-refractivity contribution < 1.29 is 9.59 Å². The van der Waals surface area contributed by atoms with Gasteiger partial charge in [0.15, 0.2) is 5.78 Å². The minimum Gasteiger partial charge on any atom is -0.329 e. The number of Topliss-reactive ketones (excluding diaryl/α,β-unsaturated/α-hetero) is 1. The van der Waals surface area contributed by atoms with Crippen LogP contribution in [0.3, 0.4) is 0 Å². The number of ketones is 1. The second-order valence-corrected chi connectivity index (χ2v) is 6.97. The summed E-state index contributed by atoms with van der Waals surface area (Å²) in [4.78, 5) is 24.3. The van der Waals surface area contributed by atoms with Crippen LogP contribution in [0.15, 0.2) is 28.1 Å². The van der Waals surface area contributed by atoms with E-state index in [1.165, 1.54) is 0 Å². The molecule has 0 spiro atoms. The molecule has 19 heavy (non-hydrogen) atoms. The lowest BCUT2D eigenvalue weighted by Crippen LogP contribution is -2.40. The summed E-state index contributed by atoms with van der Waals surface area (Å²) in [6.45, 7) is 4.16. The van der Waals surface area contributed by atoms with Gasteiger partial charge in [0.05, 0.1) is 0 Å². The molecule has 0 saturated heterocycles. The van der Waals surface area contributed by atoms with Crippen molar-refractivity contribution in [2.24, 2.45) is 5.41 Å². The lowest BCUT2D eigenvalue weighted by atomic mass is 9.70. The topological polar surface area (TPSA) is 46.2 Å². The minimum atomic E-state index is -0.0558. The molecule has 1 aliphatic carbocycles. The van der Waals surface area contributed by atoms with Crippen LogP contribution >= 0.6 is 11.3 Å². The molecule has 0 unspecified atom stereocenters. The van der Waals surface area contributed by atoms with Crippen LogP contribution in [0.2, 0.25) is 0 Å². The van der Waals surface area contributed by atoms with E-state index >= 15 is 0 Å². The summed E-state index contributed by atoms with van der Waals surface area (Å²) in [5, 5.41) is 6.96. The van der Waals surface area contributed by atoms with Crippen LogP contribution < -0.4 is 5.32 Å². The number of rotatable bonds is 1. The van der Waals surface area contributed by atoms with Gasteiger partial charge in [-0.1, -0.05) is 13.8 Å². The smallest absolute Gasteiger partial charge is 0.225 e.